The second-order valence-electron chi connectivity index (χ2n) is 23.2. The lowest BCUT2D eigenvalue weighted by Gasteiger charge is -2.33. The molecule has 0 aromatic heterocycles. The summed E-state index contributed by atoms with van der Waals surface area (Å²) >= 11 is 0. The first-order valence-electron chi connectivity index (χ1n) is 37.8. The van der Waals surface area contributed by atoms with Gasteiger partial charge in [-0.3, -0.25) is 9.59 Å². The van der Waals surface area contributed by atoms with Crippen LogP contribution < -0.4 is 5.46 Å². The number of phenols is 3. The molecule has 3 saturated carbocycles. The van der Waals surface area contributed by atoms with Gasteiger partial charge in [-0.1, -0.05) is 73.2 Å². The summed E-state index contributed by atoms with van der Waals surface area (Å²) < 4.78 is 14.8. The molecular weight excluding hydrogens is 1570 g/mol. The van der Waals surface area contributed by atoms with E-state index in [1.165, 1.54) is 76.0 Å². The Kier molecular flexibility index (Phi) is 61.7. The third kappa shape index (κ3) is 61.1. The Morgan fingerprint density at radius 2 is 0.535 bits per heavy atom. The average Bonchev–Trinajstić information content (AvgIpc) is 0.830. The Morgan fingerprint density at radius 3 is 0.701 bits per heavy atom. The number of esters is 3. The minimum atomic E-state index is -1.51. The third-order valence-electron chi connectivity index (χ3n) is 14.8. The van der Waals surface area contributed by atoms with Crippen LogP contribution in [0.2, 0.25) is 0 Å². The van der Waals surface area contributed by atoms with Gasteiger partial charge >= 0.3 is 25.0 Å². The van der Waals surface area contributed by atoms with Crippen molar-refractivity contribution in [2.75, 3.05) is 19.8 Å². The van der Waals surface area contributed by atoms with E-state index in [9.17, 15) is 24.6 Å². The monoisotopic (exact) mass is 1630 g/mol. The lowest BCUT2D eigenvalue weighted by atomic mass is 9.71. The molecule has 6 rings (SSSR count). The fourth-order valence-corrected chi connectivity index (χ4v) is 8.92. The maximum absolute atomic E-state index is 11.7. The van der Waals surface area contributed by atoms with Gasteiger partial charge in [0.25, 0.3) is 0 Å². The Balaban J connectivity index is 0.000000742. The molecule has 0 bridgehead atoms. The molecule has 3 aromatic carbocycles. The SMILES string of the molecule is C=C=C=C=C=C=C=C=C=C=C=C=C=C=C=C=C=C=C=C=C=C=C=C=C=C=C=C=C=C=C=C=C=C=C=C=C=C=C=C=C=C=C=C=C=C=C=C=C=C=C=C=C=C=C=C=C=C=C=C=C=C=C=C=C=C=C=C=C=C.CCOC(=O)/C=C/C1CCC1.CCOC(=O)C[C@@H](c1cccc(O)c1)C1CCC1.CCOC(=O)C[C@H](c1cccc(O)c1)C1CCC1.OB(O)c1cccc(O)c1. The van der Waals surface area contributed by atoms with Crippen molar-refractivity contribution in [3.8, 4) is 17.2 Å². The third-order valence-corrected chi connectivity index (χ3v) is 14.8. The lowest BCUT2D eigenvalue weighted by molar-refractivity contribution is -0.145. The number of hydrogen-bond donors (Lipinski definition) is 5. The van der Waals surface area contributed by atoms with Crippen LogP contribution in [-0.2, 0) is 28.6 Å². The molecular formula is C115H65BO11. The number of hydrogen-bond acceptors (Lipinski definition) is 11. The van der Waals surface area contributed by atoms with E-state index >= 15 is 0 Å². The maximum atomic E-state index is 11.7. The highest BCUT2D eigenvalue weighted by Crippen LogP contribution is 2.43. The maximum Gasteiger partial charge on any atom is 0.488 e. The van der Waals surface area contributed by atoms with Gasteiger partial charge in [-0.15, -0.1) is 0 Å². The zero-order chi connectivity index (χ0) is 91.7. The second kappa shape index (κ2) is 76.0. The van der Waals surface area contributed by atoms with Crippen LogP contribution in [0.4, 0.5) is 0 Å². The molecule has 0 amide bonds. The van der Waals surface area contributed by atoms with Gasteiger partial charge in [-0.2, -0.15) is 0 Å². The van der Waals surface area contributed by atoms with E-state index in [1.807, 2.05) is 51.1 Å². The summed E-state index contributed by atoms with van der Waals surface area (Å²) in [7, 11) is -1.51. The van der Waals surface area contributed by atoms with Crippen molar-refractivity contribution in [3.05, 3.63) is 499 Å². The topological polar surface area (TPSA) is 180 Å². The fourth-order valence-electron chi connectivity index (χ4n) is 8.92. The lowest BCUT2D eigenvalue weighted by Crippen LogP contribution is -2.29. The molecule has 0 unspecified atom stereocenters. The summed E-state index contributed by atoms with van der Waals surface area (Å²) in [5.41, 5.74) is 172. The molecule has 0 aliphatic heterocycles. The van der Waals surface area contributed by atoms with E-state index in [-0.39, 0.29) is 47.0 Å². The molecule has 5 N–H and O–H groups in total. The molecule has 3 fully saturated rings. The van der Waals surface area contributed by atoms with Gasteiger partial charge in [0.15, 0.2) is 0 Å². The van der Waals surface area contributed by atoms with Gasteiger partial charge in [-0.25, -0.2) is 4.79 Å². The Hall–Kier alpha value is -20.0. The number of phenolic OH excluding ortho intramolecular Hbond substituents is 3. The van der Waals surface area contributed by atoms with E-state index < -0.39 is 7.12 Å². The van der Waals surface area contributed by atoms with Crippen molar-refractivity contribution in [2.24, 2.45) is 17.8 Å². The first kappa shape index (κ1) is 103. The normalized spacial score (nSPS) is 9.30. The average molecular weight is 1630 g/mol. The van der Waals surface area contributed by atoms with Crippen LogP contribution in [0.25, 0.3) is 0 Å². The standard InChI is InChI=1S/C70H4.2C15H20O3.C9H14O2.C6H7BO3/c1-3-5-7-9-11-13-15-17-19-21-23-25-27-29-31-33-35-37-39-41-43-45-47-49-51-53-55-57-59-61-63-65-67-69-70-68-66-64-62-60-58-56-54-52-50-48-46-44-42-40-38-36-34-32-30-28-26-24-22-20-18-16-14-12-10-8-6-4-2;2*1-2-18-15(17)10-14(11-5-3-6-11)12-7-4-8-13(16)9-12;1-2-11-9(10)7-6-8-4-3-5-8;8-6-3-1-2-5(4-6)7(9)10/h1-2H2;2*4,7-9,11,14,16H,2-3,5-6,10H2,1H3;6-8H,2-5H2,1H3;1-4,8-10H/b;;;7-6+;/t;2*14-;;/m.10../s1. The summed E-state index contributed by atoms with van der Waals surface area (Å²) in [6.07, 6.45) is 15.3. The van der Waals surface area contributed by atoms with Crippen molar-refractivity contribution in [1.82, 2.24) is 0 Å². The van der Waals surface area contributed by atoms with Gasteiger partial charge in [0, 0.05) is 293 Å². The Labute approximate surface area is 736 Å². The smallest absolute Gasteiger partial charge is 0.488 e. The van der Waals surface area contributed by atoms with Crippen LogP contribution in [0, 0.1) is 17.8 Å². The Morgan fingerprint density at radius 1 is 0.323 bits per heavy atom. The van der Waals surface area contributed by atoms with E-state index in [2.05, 4.69) is 403 Å². The van der Waals surface area contributed by atoms with Crippen molar-refractivity contribution >= 4 is 30.5 Å². The van der Waals surface area contributed by atoms with Crippen LogP contribution >= 0.6 is 0 Å². The van der Waals surface area contributed by atoms with Crippen LogP contribution in [0.3, 0.4) is 0 Å². The summed E-state index contributed by atoms with van der Waals surface area (Å²) in [5.74, 6) is 2.18. The number of aromatic hydroxyl groups is 3. The molecule has 127 heavy (non-hydrogen) atoms. The Bertz CT molecular complexity index is 7250. The van der Waals surface area contributed by atoms with Gasteiger partial charge in [-0.05, 0) is 247 Å². The quantitative estimate of drug-likeness (QED) is 0.0341. The summed E-state index contributed by atoms with van der Waals surface area (Å²) in [5, 5.41) is 45.1. The van der Waals surface area contributed by atoms with Gasteiger partial charge in [0.1, 0.15) is 17.2 Å². The molecule has 0 saturated heterocycles. The molecule has 594 valence electrons. The highest BCUT2D eigenvalue weighted by atomic mass is 16.5. The highest BCUT2D eigenvalue weighted by Gasteiger charge is 2.32. The van der Waals surface area contributed by atoms with Crippen LogP contribution in [-0.4, -0.2) is 70.2 Å². The highest BCUT2D eigenvalue weighted by molar-refractivity contribution is 6.58. The minimum absolute atomic E-state index is 0.0330. The van der Waals surface area contributed by atoms with E-state index in [1.54, 1.807) is 36.4 Å². The molecule has 3 aromatic rings. The fraction of sp³-hybridized carbons (Fsp3) is 0.191. The van der Waals surface area contributed by atoms with Gasteiger partial charge < -0.3 is 39.6 Å². The van der Waals surface area contributed by atoms with Crippen molar-refractivity contribution in [3.63, 3.8) is 0 Å². The first-order chi connectivity index (χ1) is 62.3. The van der Waals surface area contributed by atoms with E-state index in [0.29, 0.717) is 55.9 Å². The zero-order valence-electron chi connectivity index (χ0n) is 69.0. The molecule has 3 aliphatic carbocycles. The number of ether oxygens (including phenoxy) is 3. The van der Waals surface area contributed by atoms with E-state index in [0.717, 1.165) is 11.1 Å². The molecule has 11 nitrogen and oxygen atoms in total. The molecule has 0 radical (unpaired) electrons. The number of carbonyl (C=O) groups is 3. The molecule has 2 atom stereocenters. The number of allylic oxidation sites excluding steroid dienone is 1. The summed E-state index contributed by atoms with van der Waals surface area (Å²) in [6, 6.07) is 20.3. The van der Waals surface area contributed by atoms with Crippen LogP contribution in [0.15, 0.2) is 488 Å². The zero-order valence-corrected chi connectivity index (χ0v) is 69.0. The molecule has 12 heteroatoms. The minimum Gasteiger partial charge on any atom is -0.508 e. The van der Waals surface area contributed by atoms with Gasteiger partial charge in [0.05, 0.1) is 32.7 Å². The van der Waals surface area contributed by atoms with Crippen LogP contribution in [0.1, 0.15) is 114 Å². The van der Waals surface area contributed by atoms with Crippen molar-refractivity contribution < 1.29 is 54.0 Å². The number of benzene rings is 3. The summed E-state index contributed by atoms with van der Waals surface area (Å²) in [4.78, 5) is 34.1. The van der Waals surface area contributed by atoms with Crippen molar-refractivity contribution in [1.29, 1.82) is 0 Å². The predicted octanol–water partition coefficient (Wildman–Crippen LogP) is 18.8. The first-order valence-corrected chi connectivity index (χ1v) is 37.8. The number of carbonyl (C=O) groups excluding carboxylic acids is 3. The second-order valence-corrected chi connectivity index (χ2v) is 23.2. The van der Waals surface area contributed by atoms with Crippen molar-refractivity contribution in [2.45, 2.75) is 103 Å². The largest absolute Gasteiger partial charge is 0.508 e. The molecule has 0 spiro atoms. The molecule has 0 heterocycles. The van der Waals surface area contributed by atoms with Crippen LogP contribution in [0.5, 0.6) is 17.2 Å². The molecule has 3 aliphatic rings. The number of rotatable bonds is 14. The van der Waals surface area contributed by atoms with E-state index in [4.69, 9.17) is 29.4 Å². The van der Waals surface area contributed by atoms with Gasteiger partial charge in [0.2, 0.25) is 0 Å². The summed E-state index contributed by atoms with van der Waals surface area (Å²) in [6.45, 7) is 13.4. The predicted molar refractivity (Wildman–Crippen MR) is 470 cm³/mol.